The average Bonchev–Trinajstić information content (AvgIpc) is 2.60. The van der Waals surface area contributed by atoms with Crippen molar-refractivity contribution in [2.45, 2.75) is 12.8 Å². The molecule has 1 aliphatic heterocycles. The van der Waals surface area contributed by atoms with Gasteiger partial charge in [-0.2, -0.15) is 0 Å². The van der Waals surface area contributed by atoms with Crippen LogP contribution in [0.25, 0.3) is 0 Å². The fourth-order valence-electron chi connectivity index (χ4n) is 2.76. The topological polar surface area (TPSA) is 59.5 Å². The Balaban J connectivity index is 2.02. The summed E-state index contributed by atoms with van der Waals surface area (Å²) in [5.41, 5.74) is 2.56. The number of carbonyl (C=O) groups is 2. The molecule has 0 atom stereocenters. The number of amides is 1. The molecule has 22 heavy (non-hydrogen) atoms. The quantitative estimate of drug-likeness (QED) is 0.799. The number of benzene rings is 1. The number of carbonyl (C=O) groups excluding carboxylic acids is 2. The Morgan fingerprint density at radius 3 is 2.77 bits per heavy atom. The minimum atomic E-state index is -0.371. The molecule has 2 aromatic rings. The van der Waals surface area contributed by atoms with Gasteiger partial charge in [-0.3, -0.25) is 9.78 Å². The number of hydrogen-bond acceptors (Lipinski definition) is 4. The third kappa shape index (κ3) is 2.45. The van der Waals surface area contributed by atoms with Crippen molar-refractivity contribution in [3.63, 3.8) is 0 Å². The fraction of sp³-hybridized carbons (Fsp3) is 0.235. The zero-order valence-electron chi connectivity index (χ0n) is 12.3. The second-order valence-electron chi connectivity index (χ2n) is 5.07. The second-order valence-corrected chi connectivity index (χ2v) is 5.07. The molecule has 1 amide bonds. The van der Waals surface area contributed by atoms with Crippen molar-refractivity contribution in [3.8, 4) is 0 Å². The first-order valence-corrected chi connectivity index (χ1v) is 7.15. The third-order valence-corrected chi connectivity index (χ3v) is 3.79. The van der Waals surface area contributed by atoms with E-state index in [0.717, 1.165) is 24.1 Å². The number of methoxy groups -OCH3 is 1. The number of aromatic nitrogens is 1. The first-order chi connectivity index (χ1) is 10.7. The Morgan fingerprint density at radius 1 is 1.18 bits per heavy atom. The molecule has 0 N–H and O–H groups in total. The van der Waals surface area contributed by atoms with Crippen LogP contribution in [0.3, 0.4) is 0 Å². The normalized spacial score (nSPS) is 13.4. The molecular formula is C17H16N2O3. The molecule has 0 fully saturated rings. The molecule has 0 saturated carbocycles. The third-order valence-electron chi connectivity index (χ3n) is 3.79. The van der Waals surface area contributed by atoms with Crippen LogP contribution in [-0.4, -0.2) is 30.5 Å². The van der Waals surface area contributed by atoms with Crippen molar-refractivity contribution in [2.75, 3.05) is 18.6 Å². The maximum Gasteiger partial charge on any atom is 0.338 e. The highest BCUT2D eigenvalue weighted by Gasteiger charge is 2.27. The maximum absolute atomic E-state index is 12.7. The molecule has 0 unspecified atom stereocenters. The van der Waals surface area contributed by atoms with Crippen molar-refractivity contribution in [1.82, 2.24) is 4.98 Å². The van der Waals surface area contributed by atoms with Crippen LogP contribution in [0.4, 0.5) is 5.69 Å². The summed E-state index contributed by atoms with van der Waals surface area (Å²) in [5, 5.41) is 0. The van der Waals surface area contributed by atoms with Crippen LogP contribution in [0.2, 0.25) is 0 Å². The predicted molar refractivity (Wildman–Crippen MR) is 82.0 cm³/mol. The van der Waals surface area contributed by atoms with Gasteiger partial charge in [-0.15, -0.1) is 0 Å². The Hall–Kier alpha value is -2.69. The molecule has 3 rings (SSSR count). The van der Waals surface area contributed by atoms with Gasteiger partial charge in [0.05, 0.1) is 12.7 Å². The van der Waals surface area contributed by atoms with E-state index in [0.29, 0.717) is 17.8 Å². The zero-order chi connectivity index (χ0) is 15.5. The summed E-state index contributed by atoms with van der Waals surface area (Å²) in [6.45, 7) is 0.618. The van der Waals surface area contributed by atoms with Gasteiger partial charge in [-0.05, 0) is 42.7 Å². The van der Waals surface area contributed by atoms with Crippen LogP contribution < -0.4 is 4.90 Å². The fourth-order valence-corrected chi connectivity index (χ4v) is 2.76. The van der Waals surface area contributed by atoms with Gasteiger partial charge in [0.1, 0.15) is 5.69 Å². The average molecular weight is 296 g/mol. The van der Waals surface area contributed by atoms with Crippen molar-refractivity contribution >= 4 is 17.6 Å². The van der Waals surface area contributed by atoms with Crippen LogP contribution >= 0.6 is 0 Å². The molecule has 112 valence electrons. The van der Waals surface area contributed by atoms with Gasteiger partial charge in [0.2, 0.25) is 0 Å². The van der Waals surface area contributed by atoms with Gasteiger partial charge >= 0.3 is 5.97 Å². The van der Waals surface area contributed by atoms with Crippen LogP contribution in [-0.2, 0) is 11.2 Å². The SMILES string of the molecule is COC(=O)c1cccc2c1CCCN2C(=O)c1ccccn1. The van der Waals surface area contributed by atoms with Crippen molar-refractivity contribution in [1.29, 1.82) is 0 Å². The van der Waals surface area contributed by atoms with E-state index in [1.807, 2.05) is 6.07 Å². The van der Waals surface area contributed by atoms with Gasteiger partial charge in [0.15, 0.2) is 0 Å². The van der Waals surface area contributed by atoms with Gasteiger partial charge < -0.3 is 9.64 Å². The van der Waals surface area contributed by atoms with E-state index < -0.39 is 0 Å². The molecule has 0 saturated heterocycles. The predicted octanol–water partition coefficient (Wildman–Crippen LogP) is 2.46. The van der Waals surface area contributed by atoms with Crippen LogP contribution in [0.1, 0.15) is 32.8 Å². The molecule has 0 aliphatic carbocycles. The molecule has 1 aromatic heterocycles. The highest BCUT2D eigenvalue weighted by atomic mass is 16.5. The Kier molecular flexibility index (Phi) is 3.87. The second kappa shape index (κ2) is 5.97. The van der Waals surface area contributed by atoms with E-state index in [-0.39, 0.29) is 11.9 Å². The molecule has 1 aliphatic rings. The zero-order valence-corrected chi connectivity index (χ0v) is 12.3. The number of esters is 1. The van der Waals surface area contributed by atoms with E-state index in [1.165, 1.54) is 7.11 Å². The van der Waals surface area contributed by atoms with E-state index >= 15 is 0 Å². The van der Waals surface area contributed by atoms with Crippen molar-refractivity contribution in [3.05, 3.63) is 59.4 Å². The van der Waals surface area contributed by atoms with Gasteiger partial charge in [-0.25, -0.2) is 4.79 Å². The first-order valence-electron chi connectivity index (χ1n) is 7.15. The first kappa shape index (κ1) is 14.3. The lowest BCUT2D eigenvalue weighted by Gasteiger charge is -2.30. The monoisotopic (exact) mass is 296 g/mol. The van der Waals surface area contributed by atoms with Gasteiger partial charge in [0, 0.05) is 18.4 Å². The van der Waals surface area contributed by atoms with E-state index in [1.54, 1.807) is 41.4 Å². The summed E-state index contributed by atoms with van der Waals surface area (Å²) in [6.07, 6.45) is 3.16. The molecule has 0 radical (unpaired) electrons. The number of rotatable bonds is 2. The van der Waals surface area contributed by atoms with Gasteiger partial charge in [-0.1, -0.05) is 12.1 Å². The van der Waals surface area contributed by atoms with Crippen LogP contribution in [0.15, 0.2) is 42.6 Å². The molecule has 5 heteroatoms. The Bertz CT molecular complexity index is 713. The summed E-state index contributed by atoms with van der Waals surface area (Å²) in [4.78, 5) is 30.4. The van der Waals surface area contributed by atoms with E-state index in [9.17, 15) is 9.59 Å². The minimum absolute atomic E-state index is 0.149. The molecule has 5 nitrogen and oxygen atoms in total. The van der Waals surface area contributed by atoms with Gasteiger partial charge in [0.25, 0.3) is 5.91 Å². The number of hydrogen-bond donors (Lipinski definition) is 0. The van der Waals surface area contributed by atoms with Crippen LogP contribution in [0, 0.1) is 0 Å². The molecule has 1 aromatic carbocycles. The Morgan fingerprint density at radius 2 is 2.05 bits per heavy atom. The number of anilines is 1. The highest BCUT2D eigenvalue weighted by molar-refractivity contribution is 6.06. The lowest BCUT2D eigenvalue weighted by Crippen LogP contribution is -2.36. The summed E-state index contributed by atoms with van der Waals surface area (Å²) in [7, 11) is 1.36. The van der Waals surface area contributed by atoms with Crippen molar-refractivity contribution in [2.24, 2.45) is 0 Å². The number of pyridine rings is 1. The maximum atomic E-state index is 12.7. The number of fused-ring (bicyclic) bond motifs is 1. The number of nitrogens with zero attached hydrogens (tertiary/aromatic N) is 2. The Labute approximate surface area is 128 Å². The summed E-state index contributed by atoms with van der Waals surface area (Å²) in [5.74, 6) is -0.521. The highest BCUT2D eigenvalue weighted by Crippen LogP contribution is 2.31. The van der Waals surface area contributed by atoms with Crippen molar-refractivity contribution < 1.29 is 14.3 Å². The van der Waals surface area contributed by atoms with E-state index in [4.69, 9.17) is 4.74 Å². The standard InChI is InChI=1S/C17H16N2O3/c1-22-17(21)13-6-4-9-15-12(13)7-5-11-19(15)16(20)14-8-2-3-10-18-14/h2-4,6,8-10H,5,7,11H2,1H3. The minimum Gasteiger partial charge on any atom is -0.465 e. The van der Waals surface area contributed by atoms with Crippen LogP contribution in [0.5, 0.6) is 0 Å². The smallest absolute Gasteiger partial charge is 0.338 e. The summed E-state index contributed by atoms with van der Waals surface area (Å²) >= 11 is 0. The summed E-state index contributed by atoms with van der Waals surface area (Å²) in [6, 6.07) is 10.6. The molecular weight excluding hydrogens is 280 g/mol. The largest absolute Gasteiger partial charge is 0.465 e. The van der Waals surface area contributed by atoms with E-state index in [2.05, 4.69) is 4.98 Å². The molecule has 0 spiro atoms. The number of ether oxygens (including phenoxy) is 1. The molecule has 0 bridgehead atoms. The molecule has 2 heterocycles. The lowest BCUT2D eigenvalue weighted by atomic mass is 9.96. The summed E-state index contributed by atoms with van der Waals surface area (Å²) < 4.78 is 4.83. The lowest BCUT2D eigenvalue weighted by molar-refractivity contribution is 0.0599.